The predicted molar refractivity (Wildman–Crippen MR) is 69.4 cm³/mol. The summed E-state index contributed by atoms with van der Waals surface area (Å²) < 4.78 is 289. The highest BCUT2D eigenvalue weighted by molar-refractivity contribution is 6.01. The summed E-state index contributed by atoms with van der Waals surface area (Å²) in [4.78, 5) is 21.5. The Morgan fingerprint density at radius 3 is 0.667 bits per heavy atom. The van der Waals surface area contributed by atoms with E-state index in [0.29, 0.717) is 0 Å². The Bertz CT molecular complexity index is 957. The van der Waals surface area contributed by atoms with Crippen molar-refractivity contribution in [2.75, 3.05) is 0 Å². The van der Waals surface area contributed by atoms with E-state index in [4.69, 9.17) is 10.2 Å². The number of rotatable bonds is 10. The van der Waals surface area contributed by atoms with Crippen molar-refractivity contribution in [2.45, 2.75) is 59.7 Å². The van der Waals surface area contributed by atoms with E-state index in [-0.39, 0.29) is 0 Å². The third-order valence-electron chi connectivity index (χ3n) is 4.66. The number of hydrogen-bond acceptors (Lipinski definition) is 2. The number of alkyl halides is 22. The van der Waals surface area contributed by atoms with E-state index >= 15 is 0 Å². The van der Waals surface area contributed by atoms with Gasteiger partial charge in [-0.15, -0.1) is 0 Å². The zero-order chi connectivity index (χ0) is 32.7. The van der Waals surface area contributed by atoms with Crippen LogP contribution in [-0.2, 0) is 9.59 Å². The van der Waals surface area contributed by atoms with Gasteiger partial charge in [0.1, 0.15) is 0 Å². The SMILES string of the molecule is O=C(O)C(C(=O)O)(C(F)(F)C(F)(F)F)C(F)(F)C(F)(F)C(F)(F)C(F)(F)C(F)(F)C(F)(F)C(F)(F)C(F)(F)F. The van der Waals surface area contributed by atoms with Crippen LogP contribution in [0.3, 0.4) is 0 Å². The van der Waals surface area contributed by atoms with Gasteiger partial charge in [0.15, 0.2) is 0 Å². The number of carboxylic acids is 2. The molecule has 26 heteroatoms. The molecule has 0 saturated heterocycles. The van der Waals surface area contributed by atoms with Gasteiger partial charge >= 0.3 is 77.1 Å². The minimum atomic E-state index is -9.55. The molecule has 0 unspecified atom stereocenters. The monoisotopic (exact) mass is 640 g/mol. The van der Waals surface area contributed by atoms with Crippen LogP contribution in [0.4, 0.5) is 96.6 Å². The van der Waals surface area contributed by atoms with Crippen molar-refractivity contribution in [3.05, 3.63) is 0 Å². The highest BCUT2D eigenvalue weighted by Crippen LogP contribution is 2.68. The van der Waals surface area contributed by atoms with Gasteiger partial charge in [0.05, 0.1) is 0 Å². The molecule has 0 heterocycles. The molecule has 0 atom stereocenters. The second-order valence-electron chi connectivity index (χ2n) is 6.95. The first-order valence-corrected chi connectivity index (χ1v) is 8.01. The van der Waals surface area contributed by atoms with Crippen LogP contribution in [0.2, 0.25) is 0 Å². The van der Waals surface area contributed by atoms with E-state index in [2.05, 4.69) is 0 Å². The van der Waals surface area contributed by atoms with E-state index in [1.54, 1.807) is 0 Å². The van der Waals surface area contributed by atoms with Crippen LogP contribution in [0.15, 0.2) is 0 Å². The fraction of sp³-hybridized carbons (Fsp3) is 0.846. The lowest BCUT2D eigenvalue weighted by Crippen LogP contribution is -2.79. The average Bonchev–Trinajstić information content (AvgIpc) is 2.64. The molecule has 0 aromatic carbocycles. The second-order valence-corrected chi connectivity index (χ2v) is 6.95. The fourth-order valence-corrected chi connectivity index (χ4v) is 2.44. The number of hydrogen-bond donors (Lipinski definition) is 2. The molecule has 2 N–H and O–H groups in total. The molecule has 0 aliphatic carbocycles. The summed E-state index contributed by atoms with van der Waals surface area (Å²) in [6, 6.07) is 0. The van der Waals surface area contributed by atoms with Crippen molar-refractivity contribution in [3.63, 3.8) is 0 Å². The van der Waals surface area contributed by atoms with Crippen molar-refractivity contribution >= 4 is 11.9 Å². The van der Waals surface area contributed by atoms with Crippen molar-refractivity contribution < 1.29 is 116 Å². The summed E-state index contributed by atoms with van der Waals surface area (Å²) in [6.07, 6.45) is -16.3. The molecule has 0 saturated carbocycles. The van der Waals surface area contributed by atoms with Crippen LogP contribution in [-0.4, -0.2) is 81.9 Å². The third-order valence-corrected chi connectivity index (χ3v) is 4.66. The maximum atomic E-state index is 14.1. The summed E-state index contributed by atoms with van der Waals surface area (Å²) in [7, 11) is 0. The zero-order valence-corrected chi connectivity index (χ0v) is 16.5. The summed E-state index contributed by atoms with van der Waals surface area (Å²) in [5.41, 5.74) is -8.17. The quantitative estimate of drug-likeness (QED) is 0.216. The van der Waals surface area contributed by atoms with Crippen LogP contribution in [0.5, 0.6) is 0 Å². The normalized spacial score (nSPS) is 16.4. The first kappa shape index (κ1) is 36.4. The van der Waals surface area contributed by atoms with Crippen molar-refractivity contribution in [2.24, 2.45) is 5.41 Å². The highest BCUT2D eigenvalue weighted by Gasteiger charge is 3.00. The van der Waals surface area contributed by atoms with Gasteiger partial charge in [-0.3, -0.25) is 9.59 Å². The van der Waals surface area contributed by atoms with Gasteiger partial charge in [-0.2, -0.15) is 96.6 Å². The molecule has 0 bridgehead atoms. The molecule has 39 heavy (non-hydrogen) atoms. The van der Waals surface area contributed by atoms with Gasteiger partial charge in [-0.1, -0.05) is 0 Å². The standard InChI is InChI=1S/C13H2F22O4/c14-4(15,3(1(36)37,2(38)39)5(16,17)12(30,31)32)6(18,19)7(20,21)8(22,23)9(24,25)10(26,27)11(28,29)13(33,34)35/h(H,36,37)(H,38,39). The molecule has 0 aliphatic rings. The largest absolute Gasteiger partial charge is 0.480 e. The lowest BCUT2D eigenvalue weighted by Gasteiger charge is -2.46. The molecule has 0 radical (unpaired) electrons. The number of aliphatic carboxylic acids is 2. The summed E-state index contributed by atoms with van der Waals surface area (Å²) in [5.74, 6) is -83.5. The number of carboxylic acid groups (broad SMARTS) is 2. The summed E-state index contributed by atoms with van der Waals surface area (Å²) in [6.45, 7) is 0. The maximum Gasteiger partial charge on any atom is 0.460 e. The zero-order valence-electron chi connectivity index (χ0n) is 16.5. The minimum Gasteiger partial charge on any atom is -0.480 e. The van der Waals surface area contributed by atoms with Crippen LogP contribution < -0.4 is 0 Å². The first-order valence-electron chi connectivity index (χ1n) is 8.01. The lowest BCUT2D eigenvalue weighted by atomic mass is 9.70. The molecule has 0 aromatic heterocycles. The molecule has 232 valence electrons. The van der Waals surface area contributed by atoms with Crippen LogP contribution in [0, 0.1) is 5.41 Å². The van der Waals surface area contributed by atoms with Gasteiger partial charge in [0.2, 0.25) is 0 Å². The molecule has 0 spiro atoms. The van der Waals surface area contributed by atoms with E-state index in [9.17, 15) is 106 Å². The van der Waals surface area contributed by atoms with Gasteiger partial charge < -0.3 is 10.2 Å². The fourth-order valence-electron chi connectivity index (χ4n) is 2.44. The Hall–Kier alpha value is -2.60. The molecule has 4 nitrogen and oxygen atoms in total. The third kappa shape index (κ3) is 4.00. The topological polar surface area (TPSA) is 74.6 Å². The summed E-state index contributed by atoms with van der Waals surface area (Å²) in [5, 5.41) is 16.5. The molecule has 0 aromatic rings. The molecule has 0 fully saturated rings. The van der Waals surface area contributed by atoms with Crippen molar-refractivity contribution in [1.82, 2.24) is 0 Å². The average molecular weight is 640 g/mol. The van der Waals surface area contributed by atoms with Gasteiger partial charge in [0, 0.05) is 0 Å². The minimum absolute atomic E-state index is 5.15. The number of halogens is 22. The lowest BCUT2D eigenvalue weighted by molar-refractivity contribution is -0.469. The predicted octanol–water partition coefficient (Wildman–Crippen LogP) is 6.35. The first-order chi connectivity index (χ1) is 16.4. The van der Waals surface area contributed by atoms with Crippen LogP contribution in [0.25, 0.3) is 0 Å². The number of carbonyl (C=O) groups is 2. The van der Waals surface area contributed by atoms with E-state index in [1.165, 1.54) is 0 Å². The highest BCUT2D eigenvalue weighted by atomic mass is 19.4. The summed E-state index contributed by atoms with van der Waals surface area (Å²) >= 11 is 0. The van der Waals surface area contributed by atoms with Crippen LogP contribution >= 0.6 is 0 Å². The molecular formula is C13H2F22O4. The maximum absolute atomic E-state index is 14.1. The van der Waals surface area contributed by atoms with E-state index in [0.717, 1.165) is 0 Å². The Labute approximate surface area is 195 Å². The van der Waals surface area contributed by atoms with Crippen LogP contribution in [0.1, 0.15) is 0 Å². The van der Waals surface area contributed by atoms with E-state index < -0.39 is 77.1 Å². The molecule has 0 aliphatic heterocycles. The Morgan fingerprint density at radius 2 is 0.487 bits per heavy atom. The Morgan fingerprint density at radius 1 is 0.308 bits per heavy atom. The van der Waals surface area contributed by atoms with E-state index in [1.807, 2.05) is 0 Å². The Kier molecular flexibility index (Phi) is 8.12. The van der Waals surface area contributed by atoms with Gasteiger partial charge in [-0.05, 0) is 0 Å². The Balaban J connectivity index is 7.79. The smallest absolute Gasteiger partial charge is 0.460 e. The molecule has 0 rings (SSSR count). The van der Waals surface area contributed by atoms with Gasteiger partial charge in [0.25, 0.3) is 0 Å². The second kappa shape index (κ2) is 8.70. The molecule has 0 amide bonds. The van der Waals surface area contributed by atoms with Gasteiger partial charge in [-0.25, -0.2) is 0 Å². The van der Waals surface area contributed by atoms with Crippen molar-refractivity contribution in [1.29, 1.82) is 0 Å². The molecular weight excluding hydrogens is 638 g/mol. The van der Waals surface area contributed by atoms with Crippen molar-refractivity contribution in [3.8, 4) is 0 Å².